The van der Waals surface area contributed by atoms with E-state index in [1.54, 1.807) is 66.3 Å². The summed E-state index contributed by atoms with van der Waals surface area (Å²) in [5.41, 5.74) is 0.776. The Bertz CT molecular complexity index is 1390. The summed E-state index contributed by atoms with van der Waals surface area (Å²) in [7, 11) is 3.08. The van der Waals surface area contributed by atoms with Gasteiger partial charge in [0.1, 0.15) is 11.5 Å². The third-order valence-corrected chi connectivity index (χ3v) is 6.31. The molecule has 3 aromatic carbocycles. The molecule has 4 aromatic rings. The summed E-state index contributed by atoms with van der Waals surface area (Å²) in [6.45, 7) is 0.0916. The Balaban J connectivity index is 1.54. The van der Waals surface area contributed by atoms with Crippen molar-refractivity contribution in [1.29, 1.82) is 0 Å². The number of ether oxygens (including phenoxy) is 2. The summed E-state index contributed by atoms with van der Waals surface area (Å²) in [6, 6.07) is 19.1. The number of para-hydroxylation sites is 2. The van der Waals surface area contributed by atoms with Gasteiger partial charge in [-0.1, -0.05) is 30.0 Å². The van der Waals surface area contributed by atoms with Crippen LogP contribution in [0.15, 0.2) is 78.0 Å². The molecule has 0 radical (unpaired) electrons. The van der Waals surface area contributed by atoms with Crippen molar-refractivity contribution in [2.75, 3.05) is 30.6 Å². The van der Waals surface area contributed by atoms with Crippen molar-refractivity contribution < 1.29 is 27.4 Å². The second kappa shape index (κ2) is 11.9. The molecular weight excluding hydrogens is 519 g/mol. The average molecular weight is 544 g/mol. The van der Waals surface area contributed by atoms with E-state index in [1.165, 1.54) is 24.9 Å². The molecule has 0 aliphatic heterocycles. The highest BCUT2D eigenvalue weighted by Gasteiger charge is 2.30. The molecule has 198 valence electrons. The normalized spacial score (nSPS) is 11.2. The number of benzene rings is 3. The van der Waals surface area contributed by atoms with Crippen LogP contribution in [-0.2, 0) is 17.5 Å². The van der Waals surface area contributed by atoms with Crippen molar-refractivity contribution >= 4 is 29.0 Å². The molecule has 0 atom stereocenters. The molecule has 1 aromatic heterocycles. The quantitative estimate of drug-likeness (QED) is 0.250. The monoisotopic (exact) mass is 543 g/mol. The molecule has 0 aliphatic rings. The van der Waals surface area contributed by atoms with Crippen molar-refractivity contribution in [3.63, 3.8) is 0 Å². The number of carbonyl (C=O) groups excluding carboxylic acids is 1. The van der Waals surface area contributed by atoms with E-state index in [9.17, 15) is 18.0 Å². The molecule has 0 spiro atoms. The van der Waals surface area contributed by atoms with Crippen LogP contribution < -0.4 is 20.1 Å². The first-order valence-electron chi connectivity index (χ1n) is 11.3. The van der Waals surface area contributed by atoms with Crippen LogP contribution in [0.2, 0.25) is 0 Å². The molecule has 0 saturated heterocycles. The molecule has 1 amide bonds. The van der Waals surface area contributed by atoms with Gasteiger partial charge in [0, 0.05) is 11.4 Å². The number of alkyl halides is 3. The summed E-state index contributed by atoms with van der Waals surface area (Å²) in [5.74, 6) is 1.40. The highest BCUT2D eigenvalue weighted by Crippen LogP contribution is 2.31. The fraction of sp³-hybridized carbons (Fsp3) is 0.192. The molecule has 0 unspecified atom stereocenters. The number of hydrogen-bond acceptors (Lipinski definition) is 7. The summed E-state index contributed by atoms with van der Waals surface area (Å²) in [5, 5.41) is 14.7. The number of nitrogens with zero attached hydrogens (tertiary/aromatic N) is 3. The van der Waals surface area contributed by atoms with Gasteiger partial charge in [0.2, 0.25) is 5.91 Å². The lowest BCUT2D eigenvalue weighted by atomic mass is 10.2. The van der Waals surface area contributed by atoms with E-state index in [-0.39, 0.29) is 23.9 Å². The predicted octanol–water partition coefficient (Wildman–Crippen LogP) is 5.65. The number of aromatic nitrogens is 3. The number of anilines is 2. The number of methoxy groups -OCH3 is 2. The molecule has 12 heteroatoms. The Morgan fingerprint density at radius 2 is 1.74 bits per heavy atom. The molecule has 2 N–H and O–H groups in total. The zero-order valence-corrected chi connectivity index (χ0v) is 21.3. The van der Waals surface area contributed by atoms with Gasteiger partial charge in [0.05, 0.1) is 37.8 Å². The van der Waals surface area contributed by atoms with Crippen LogP contribution in [0.4, 0.5) is 24.5 Å². The molecule has 38 heavy (non-hydrogen) atoms. The summed E-state index contributed by atoms with van der Waals surface area (Å²) in [4.78, 5) is 12.6. The number of halogens is 3. The number of rotatable bonds is 10. The first-order chi connectivity index (χ1) is 18.3. The van der Waals surface area contributed by atoms with Crippen LogP contribution in [0.3, 0.4) is 0 Å². The molecule has 0 bridgehead atoms. The molecule has 0 aliphatic carbocycles. The smallest absolute Gasteiger partial charge is 0.416 e. The first-order valence-corrected chi connectivity index (χ1v) is 12.3. The summed E-state index contributed by atoms with van der Waals surface area (Å²) >= 11 is 1.17. The van der Waals surface area contributed by atoms with Crippen molar-refractivity contribution in [3.05, 3.63) is 84.2 Å². The largest absolute Gasteiger partial charge is 0.497 e. The Morgan fingerprint density at radius 3 is 2.45 bits per heavy atom. The van der Waals surface area contributed by atoms with E-state index in [0.717, 1.165) is 12.1 Å². The standard InChI is InChI=1S/C26H24F3N5O3S/c1-36-20-12-10-19(11-13-20)34-23(15-30-18-7-5-6-17(14-18)26(27,28)29)32-33-25(34)38-16-24(35)31-21-8-3-4-9-22(21)37-2/h3-14,30H,15-16H2,1-2H3,(H,31,35). The van der Waals surface area contributed by atoms with E-state index < -0.39 is 11.7 Å². The predicted molar refractivity (Wildman–Crippen MR) is 139 cm³/mol. The van der Waals surface area contributed by atoms with Gasteiger partial charge >= 0.3 is 6.18 Å². The van der Waals surface area contributed by atoms with Gasteiger partial charge in [-0.15, -0.1) is 10.2 Å². The highest BCUT2D eigenvalue weighted by molar-refractivity contribution is 7.99. The minimum Gasteiger partial charge on any atom is -0.497 e. The number of nitrogens with one attached hydrogen (secondary N) is 2. The van der Waals surface area contributed by atoms with E-state index in [0.29, 0.717) is 33.9 Å². The van der Waals surface area contributed by atoms with Gasteiger partial charge in [0.15, 0.2) is 11.0 Å². The Kier molecular flexibility index (Phi) is 8.41. The Labute approximate surface area is 221 Å². The Hall–Kier alpha value is -4.19. The third-order valence-electron chi connectivity index (χ3n) is 5.38. The van der Waals surface area contributed by atoms with Crippen molar-refractivity contribution in [2.45, 2.75) is 17.9 Å². The highest BCUT2D eigenvalue weighted by atomic mass is 32.2. The SMILES string of the molecule is COc1ccc(-n2c(CNc3cccc(C(F)(F)F)c3)nnc2SCC(=O)Nc2ccccc2OC)cc1. The van der Waals surface area contributed by atoms with E-state index in [1.807, 2.05) is 0 Å². The molecule has 1 heterocycles. The van der Waals surface area contributed by atoms with E-state index >= 15 is 0 Å². The third kappa shape index (κ3) is 6.57. The minimum absolute atomic E-state index is 0.0351. The molecule has 4 rings (SSSR count). The van der Waals surface area contributed by atoms with Crippen molar-refractivity contribution in [2.24, 2.45) is 0 Å². The molecule has 8 nitrogen and oxygen atoms in total. The molecular formula is C26H24F3N5O3S. The van der Waals surface area contributed by atoms with Crippen LogP contribution in [0.25, 0.3) is 5.69 Å². The zero-order chi connectivity index (χ0) is 27.1. The lowest BCUT2D eigenvalue weighted by molar-refractivity contribution is -0.137. The van der Waals surface area contributed by atoms with E-state index in [4.69, 9.17) is 9.47 Å². The molecule has 0 fully saturated rings. The fourth-order valence-corrected chi connectivity index (χ4v) is 4.32. The summed E-state index contributed by atoms with van der Waals surface area (Å²) in [6.07, 6.45) is -4.45. The second-order valence-electron chi connectivity index (χ2n) is 7.90. The van der Waals surface area contributed by atoms with Crippen molar-refractivity contribution in [1.82, 2.24) is 14.8 Å². The summed E-state index contributed by atoms with van der Waals surface area (Å²) < 4.78 is 51.6. The zero-order valence-electron chi connectivity index (χ0n) is 20.5. The van der Waals surface area contributed by atoms with Gasteiger partial charge in [-0.3, -0.25) is 9.36 Å². The molecule has 0 saturated carbocycles. The van der Waals surface area contributed by atoms with Crippen LogP contribution in [0, 0.1) is 0 Å². The number of carbonyl (C=O) groups is 1. The lowest BCUT2D eigenvalue weighted by Crippen LogP contribution is -2.15. The van der Waals surface area contributed by atoms with Gasteiger partial charge in [-0.2, -0.15) is 13.2 Å². The van der Waals surface area contributed by atoms with Gasteiger partial charge in [0.25, 0.3) is 0 Å². The van der Waals surface area contributed by atoms with Crippen LogP contribution in [-0.4, -0.2) is 40.6 Å². The van der Waals surface area contributed by atoms with Crippen molar-refractivity contribution in [3.8, 4) is 17.2 Å². The average Bonchev–Trinajstić information content (AvgIpc) is 3.33. The van der Waals surface area contributed by atoms with Gasteiger partial charge in [-0.05, 0) is 54.6 Å². The maximum atomic E-state index is 13.1. The number of thioether (sulfide) groups is 1. The van der Waals surface area contributed by atoms with Crippen LogP contribution in [0.1, 0.15) is 11.4 Å². The van der Waals surface area contributed by atoms with Crippen LogP contribution >= 0.6 is 11.8 Å². The topological polar surface area (TPSA) is 90.3 Å². The minimum atomic E-state index is -4.45. The fourth-order valence-electron chi connectivity index (χ4n) is 3.55. The lowest BCUT2D eigenvalue weighted by Gasteiger charge is -2.13. The van der Waals surface area contributed by atoms with Crippen LogP contribution in [0.5, 0.6) is 11.5 Å². The second-order valence-corrected chi connectivity index (χ2v) is 8.84. The van der Waals surface area contributed by atoms with E-state index in [2.05, 4.69) is 20.8 Å². The number of hydrogen-bond donors (Lipinski definition) is 2. The van der Waals surface area contributed by atoms with Gasteiger partial charge in [-0.25, -0.2) is 0 Å². The Morgan fingerprint density at radius 1 is 0.974 bits per heavy atom. The maximum absolute atomic E-state index is 13.1. The van der Waals surface area contributed by atoms with Gasteiger partial charge < -0.3 is 20.1 Å². The number of amides is 1. The first kappa shape index (κ1) is 26.9. The maximum Gasteiger partial charge on any atom is 0.416 e.